The Morgan fingerprint density at radius 3 is 2.57 bits per heavy atom. The molecule has 1 aromatic carbocycles. The zero-order valence-electron chi connectivity index (χ0n) is 10.8. The number of carbonyl (C=O) groups excluding carboxylic acids is 1. The monoisotopic (exact) mass is 288 g/mol. The van der Waals surface area contributed by atoms with E-state index < -0.39 is 11.9 Å². The molecule has 0 fully saturated rings. The Balaban J connectivity index is 1.90. The van der Waals surface area contributed by atoms with Crippen molar-refractivity contribution in [3.63, 3.8) is 0 Å². The molecule has 1 heterocycles. The Morgan fingerprint density at radius 1 is 1.19 bits per heavy atom. The van der Waals surface area contributed by atoms with Crippen molar-refractivity contribution in [1.82, 2.24) is 4.98 Å². The van der Waals surface area contributed by atoms with Crippen molar-refractivity contribution in [2.75, 3.05) is 11.9 Å². The van der Waals surface area contributed by atoms with Gasteiger partial charge in [0, 0.05) is 0 Å². The summed E-state index contributed by atoms with van der Waals surface area (Å²) in [5.41, 5.74) is 0.240. The van der Waals surface area contributed by atoms with Gasteiger partial charge in [-0.3, -0.25) is 4.79 Å². The van der Waals surface area contributed by atoms with Gasteiger partial charge in [-0.2, -0.15) is 0 Å². The van der Waals surface area contributed by atoms with Crippen LogP contribution >= 0.6 is 0 Å². The number of carbonyl (C=O) groups is 2. The minimum Gasteiger partial charge on any atom is -0.504 e. The van der Waals surface area contributed by atoms with E-state index in [9.17, 15) is 14.7 Å². The fraction of sp³-hybridized carbons (Fsp3) is 0.0714. The van der Waals surface area contributed by atoms with E-state index in [2.05, 4.69) is 10.3 Å². The minimum atomic E-state index is -1.14. The fourth-order valence-corrected chi connectivity index (χ4v) is 1.51. The Morgan fingerprint density at radius 2 is 1.95 bits per heavy atom. The van der Waals surface area contributed by atoms with E-state index in [1.807, 2.05) is 0 Å². The van der Waals surface area contributed by atoms with E-state index in [0.717, 1.165) is 0 Å². The molecule has 108 valence electrons. The summed E-state index contributed by atoms with van der Waals surface area (Å²) in [7, 11) is 0. The lowest BCUT2D eigenvalue weighted by atomic mass is 10.3. The summed E-state index contributed by atoms with van der Waals surface area (Å²) in [5, 5.41) is 20.7. The number of hydrogen-bond acceptors (Lipinski definition) is 5. The third-order valence-electron chi connectivity index (χ3n) is 2.49. The molecule has 0 bridgehead atoms. The maximum absolute atomic E-state index is 11.7. The van der Waals surface area contributed by atoms with E-state index in [1.165, 1.54) is 30.5 Å². The van der Waals surface area contributed by atoms with Crippen molar-refractivity contribution in [3.8, 4) is 11.5 Å². The normalized spacial score (nSPS) is 9.90. The molecule has 0 aliphatic heterocycles. The van der Waals surface area contributed by atoms with Crippen LogP contribution in [0.3, 0.4) is 0 Å². The lowest BCUT2D eigenvalue weighted by molar-refractivity contribution is -0.118. The molecule has 2 rings (SSSR count). The van der Waals surface area contributed by atoms with Crippen LogP contribution < -0.4 is 10.1 Å². The Kier molecular flexibility index (Phi) is 4.35. The average molecular weight is 288 g/mol. The van der Waals surface area contributed by atoms with Crippen LogP contribution in [0.15, 0.2) is 42.6 Å². The number of aromatic hydroxyl groups is 1. The molecule has 0 radical (unpaired) electrons. The van der Waals surface area contributed by atoms with E-state index in [-0.39, 0.29) is 23.8 Å². The van der Waals surface area contributed by atoms with Crippen molar-refractivity contribution in [1.29, 1.82) is 0 Å². The first kappa shape index (κ1) is 14.3. The maximum atomic E-state index is 11.7. The van der Waals surface area contributed by atoms with Crippen LogP contribution in [0, 0.1) is 0 Å². The fourth-order valence-electron chi connectivity index (χ4n) is 1.51. The van der Waals surface area contributed by atoms with Crippen molar-refractivity contribution in [2.45, 2.75) is 0 Å². The molecular weight excluding hydrogens is 276 g/mol. The number of benzene rings is 1. The van der Waals surface area contributed by atoms with Gasteiger partial charge < -0.3 is 20.3 Å². The quantitative estimate of drug-likeness (QED) is 0.769. The van der Waals surface area contributed by atoms with Crippen LogP contribution in [0.25, 0.3) is 0 Å². The summed E-state index contributed by atoms with van der Waals surface area (Å²) in [5.74, 6) is -1.45. The highest BCUT2D eigenvalue weighted by Crippen LogP contribution is 2.24. The average Bonchev–Trinajstić information content (AvgIpc) is 2.47. The molecule has 1 amide bonds. The SMILES string of the molecule is O=C(COc1ccccc1O)Nc1ccc(C(=O)O)nc1. The molecule has 0 atom stereocenters. The summed E-state index contributed by atoms with van der Waals surface area (Å²) < 4.78 is 5.16. The number of nitrogens with zero attached hydrogens (tertiary/aromatic N) is 1. The van der Waals surface area contributed by atoms with Crippen LogP contribution in [-0.2, 0) is 4.79 Å². The number of aromatic carboxylic acids is 1. The number of aromatic nitrogens is 1. The van der Waals surface area contributed by atoms with E-state index >= 15 is 0 Å². The predicted octanol–water partition coefficient (Wildman–Crippen LogP) is 1.50. The number of rotatable bonds is 5. The highest BCUT2D eigenvalue weighted by molar-refractivity contribution is 5.92. The second-order valence-electron chi connectivity index (χ2n) is 4.04. The second kappa shape index (κ2) is 6.38. The first-order valence-electron chi connectivity index (χ1n) is 5.96. The number of amides is 1. The number of phenols is 1. The Bertz CT molecular complexity index is 655. The lowest BCUT2D eigenvalue weighted by Gasteiger charge is -2.08. The molecule has 0 unspecified atom stereocenters. The van der Waals surface area contributed by atoms with Gasteiger partial charge in [0.1, 0.15) is 5.69 Å². The number of phenolic OH excluding ortho intramolecular Hbond substituents is 1. The molecule has 0 saturated heterocycles. The second-order valence-corrected chi connectivity index (χ2v) is 4.04. The molecule has 2 aromatic rings. The van der Waals surface area contributed by atoms with Crippen molar-refractivity contribution >= 4 is 17.6 Å². The predicted molar refractivity (Wildman–Crippen MR) is 73.4 cm³/mol. The highest BCUT2D eigenvalue weighted by atomic mass is 16.5. The van der Waals surface area contributed by atoms with Gasteiger partial charge in [0.2, 0.25) is 0 Å². The van der Waals surface area contributed by atoms with Crippen LogP contribution in [-0.4, -0.2) is 33.7 Å². The summed E-state index contributed by atoms with van der Waals surface area (Å²) in [6.07, 6.45) is 1.24. The molecule has 7 nitrogen and oxygen atoms in total. The summed E-state index contributed by atoms with van der Waals surface area (Å²) in [6.45, 7) is -0.293. The van der Waals surface area contributed by atoms with Crippen LogP contribution in [0.1, 0.15) is 10.5 Å². The number of ether oxygens (including phenoxy) is 1. The first-order valence-corrected chi connectivity index (χ1v) is 5.96. The standard InChI is InChI=1S/C14H12N2O5/c17-11-3-1-2-4-12(11)21-8-13(18)16-9-5-6-10(14(19)20)15-7-9/h1-7,17H,8H2,(H,16,18)(H,19,20). The van der Waals surface area contributed by atoms with Gasteiger partial charge >= 0.3 is 5.97 Å². The van der Waals surface area contributed by atoms with E-state index in [0.29, 0.717) is 5.69 Å². The lowest BCUT2D eigenvalue weighted by Crippen LogP contribution is -2.20. The third-order valence-corrected chi connectivity index (χ3v) is 2.49. The van der Waals surface area contributed by atoms with Gasteiger partial charge in [0.05, 0.1) is 11.9 Å². The minimum absolute atomic E-state index is 0.0576. The van der Waals surface area contributed by atoms with Crippen molar-refractivity contribution in [2.24, 2.45) is 0 Å². The number of para-hydroxylation sites is 2. The van der Waals surface area contributed by atoms with Crippen molar-refractivity contribution < 1.29 is 24.5 Å². The smallest absolute Gasteiger partial charge is 0.354 e. The first-order chi connectivity index (χ1) is 10.1. The number of pyridine rings is 1. The highest BCUT2D eigenvalue weighted by Gasteiger charge is 2.08. The summed E-state index contributed by atoms with van der Waals surface area (Å²) >= 11 is 0. The molecule has 1 aromatic heterocycles. The number of carboxylic acids is 1. The van der Waals surface area contributed by atoms with Crippen LogP contribution in [0.4, 0.5) is 5.69 Å². The molecule has 0 aliphatic carbocycles. The summed E-state index contributed by atoms with van der Waals surface area (Å²) in [4.78, 5) is 26.0. The topological polar surface area (TPSA) is 109 Å². The van der Waals surface area contributed by atoms with Crippen LogP contribution in [0.5, 0.6) is 11.5 Å². The molecule has 7 heteroatoms. The van der Waals surface area contributed by atoms with E-state index in [4.69, 9.17) is 9.84 Å². The van der Waals surface area contributed by atoms with Gasteiger partial charge in [-0.05, 0) is 24.3 Å². The molecule has 0 aliphatic rings. The number of carboxylic acid groups (broad SMARTS) is 1. The zero-order valence-corrected chi connectivity index (χ0v) is 10.8. The van der Waals surface area contributed by atoms with Gasteiger partial charge in [0.15, 0.2) is 18.1 Å². The van der Waals surface area contributed by atoms with Crippen LogP contribution in [0.2, 0.25) is 0 Å². The van der Waals surface area contributed by atoms with Gasteiger partial charge in [-0.1, -0.05) is 12.1 Å². The molecular formula is C14H12N2O5. The Labute approximate surface area is 119 Å². The molecule has 3 N–H and O–H groups in total. The van der Waals surface area contributed by atoms with Gasteiger partial charge in [-0.15, -0.1) is 0 Å². The Hall–Kier alpha value is -3.09. The maximum Gasteiger partial charge on any atom is 0.354 e. The third kappa shape index (κ3) is 3.93. The number of hydrogen-bond donors (Lipinski definition) is 3. The zero-order chi connectivity index (χ0) is 15.2. The largest absolute Gasteiger partial charge is 0.504 e. The number of anilines is 1. The summed E-state index contributed by atoms with van der Waals surface area (Å²) in [6, 6.07) is 8.99. The molecule has 21 heavy (non-hydrogen) atoms. The van der Waals surface area contributed by atoms with Gasteiger partial charge in [-0.25, -0.2) is 9.78 Å². The van der Waals surface area contributed by atoms with Crippen molar-refractivity contribution in [3.05, 3.63) is 48.3 Å². The van der Waals surface area contributed by atoms with E-state index in [1.54, 1.807) is 12.1 Å². The molecule has 0 saturated carbocycles. The molecule has 0 spiro atoms. The van der Waals surface area contributed by atoms with Gasteiger partial charge in [0.25, 0.3) is 5.91 Å². The number of nitrogens with one attached hydrogen (secondary N) is 1.